The number of anilines is 1. The molecular formula is C36H46N4O6. The SMILES string of the molecule is COc1c(C)cc2c(c1O)[C@@H]1[C@@H]3Cc4c(OC(=O)C(C)(C)C)c(C)c(OC)c5c4[C@H](CN5C(=O)C(C)(C)C)N3[C@@H](C#N)[C@H](C2)N1C. The molecule has 0 unspecified atom stereocenters. The lowest BCUT2D eigenvalue weighted by atomic mass is 9.72. The first kappa shape index (κ1) is 32.1. The van der Waals surface area contributed by atoms with Crippen LogP contribution in [0.4, 0.5) is 5.69 Å². The Balaban J connectivity index is 1.64. The summed E-state index contributed by atoms with van der Waals surface area (Å²) in [5.41, 5.74) is 4.28. The molecule has 1 N–H and O–H groups in total. The molecular weight excluding hydrogens is 584 g/mol. The standard InChI is InChI=1S/C36H46N4O6/c1-17-12-19-13-21-23(15-37)40-22(27(38(21)9)25(19)29(41)30(17)44-10)14-20-26-24(40)16-39(33(42)35(3,4)5)28(26)32(45-11)18(2)31(20)46-34(43)36(6,7)8/h12,21-24,27,41H,13-14,16H2,1-11H3/t21-,22-,23-,24-,27-/m0/s1. The Morgan fingerprint density at radius 1 is 0.957 bits per heavy atom. The van der Waals surface area contributed by atoms with Gasteiger partial charge in [-0.1, -0.05) is 26.8 Å². The number of ether oxygens (including phenoxy) is 3. The smallest absolute Gasteiger partial charge is 0.316 e. The minimum Gasteiger partial charge on any atom is -0.504 e. The molecule has 4 heterocycles. The van der Waals surface area contributed by atoms with Crippen LogP contribution in [-0.2, 0) is 22.4 Å². The fourth-order valence-electron chi connectivity index (χ4n) is 8.32. The molecule has 10 heteroatoms. The third kappa shape index (κ3) is 4.42. The highest BCUT2D eigenvalue weighted by Crippen LogP contribution is 2.60. The van der Waals surface area contributed by atoms with Crippen molar-refractivity contribution in [2.45, 2.75) is 98.4 Å². The number of esters is 1. The first-order valence-corrected chi connectivity index (χ1v) is 16.0. The van der Waals surface area contributed by atoms with Gasteiger partial charge in [-0.15, -0.1) is 0 Å². The number of phenolic OH excluding ortho intramolecular Hbond substituents is 1. The number of methoxy groups -OCH3 is 2. The van der Waals surface area contributed by atoms with E-state index < -0.39 is 16.9 Å². The van der Waals surface area contributed by atoms with Gasteiger partial charge in [0.05, 0.1) is 43.5 Å². The summed E-state index contributed by atoms with van der Waals surface area (Å²) >= 11 is 0. The molecule has 4 aliphatic rings. The Hall–Kier alpha value is -3.81. The lowest BCUT2D eigenvalue weighted by molar-refractivity contribution is -0.143. The number of phenols is 1. The largest absolute Gasteiger partial charge is 0.504 e. The number of nitrogens with zero attached hydrogens (tertiary/aromatic N) is 4. The molecule has 2 bridgehead atoms. The lowest BCUT2D eigenvalue weighted by Gasteiger charge is -2.59. The van der Waals surface area contributed by atoms with E-state index in [0.717, 1.165) is 27.8 Å². The highest BCUT2D eigenvalue weighted by molar-refractivity contribution is 6.02. The number of likely N-dealkylation sites (N-methyl/N-ethyl adjacent to an activating group) is 1. The minimum absolute atomic E-state index is 0.0520. The average Bonchev–Trinajstić information content (AvgIpc) is 3.35. The summed E-state index contributed by atoms with van der Waals surface area (Å²) in [6.07, 6.45) is 1.02. The number of carbonyl (C=O) groups is 2. The Labute approximate surface area is 271 Å². The predicted molar refractivity (Wildman–Crippen MR) is 173 cm³/mol. The zero-order valence-corrected chi connectivity index (χ0v) is 28.9. The molecule has 1 amide bonds. The van der Waals surface area contributed by atoms with Crippen molar-refractivity contribution in [3.63, 3.8) is 0 Å². The van der Waals surface area contributed by atoms with E-state index in [4.69, 9.17) is 14.2 Å². The number of amides is 1. The van der Waals surface area contributed by atoms with Gasteiger partial charge >= 0.3 is 5.97 Å². The summed E-state index contributed by atoms with van der Waals surface area (Å²) in [5, 5.41) is 22.5. The molecule has 10 nitrogen and oxygen atoms in total. The van der Waals surface area contributed by atoms with Crippen LogP contribution in [-0.4, -0.2) is 72.7 Å². The van der Waals surface area contributed by atoms with Crippen molar-refractivity contribution in [1.29, 1.82) is 5.26 Å². The number of benzene rings is 2. The molecule has 5 atom stereocenters. The fourth-order valence-corrected chi connectivity index (χ4v) is 8.32. The molecule has 0 aromatic heterocycles. The zero-order valence-electron chi connectivity index (χ0n) is 28.9. The lowest BCUT2D eigenvalue weighted by Crippen LogP contribution is -2.68. The number of nitriles is 1. The van der Waals surface area contributed by atoms with E-state index in [2.05, 4.69) is 21.9 Å². The molecule has 6 rings (SSSR count). The van der Waals surface area contributed by atoms with Crippen LogP contribution >= 0.6 is 0 Å². The number of hydrogen-bond donors (Lipinski definition) is 1. The van der Waals surface area contributed by atoms with Crippen molar-refractivity contribution >= 4 is 17.6 Å². The molecule has 2 aromatic carbocycles. The Morgan fingerprint density at radius 2 is 1.61 bits per heavy atom. The second kappa shape index (κ2) is 10.6. The van der Waals surface area contributed by atoms with Crippen LogP contribution in [0.15, 0.2) is 6.07 Å². The molecule has 46 heavy (non-hydrogen) atoms. The van der Waals surface area contributed by atoms with Gasteiger partial charge in [0.1, 0.15) is 17.5 Å². The first-order chi connectivity index (χ1) is 21.5. The molecule has 1 saturated heterocycles. The second-order valence-electron chi connectivity index (χ2n) is 15.4. The number of rotatable bonds is 3. The van der Waals surface area contributed by atoms with E-state index in [0.29, 0.717) is 47.9 Å². The maximum atomic E-state index is 14.1. The van der Waals surface area contributed by atoms with Gasteiger partial charge in [0, 0.05) is 46.3 Å². The molecule has 0 aliphatic carbocycles. The number of hydrogen-bond acceptors (Lipinski definition) is 9. The van der Waals surface area contributed by atoms with Crippen molar-refractivity contribution in [3.8, 4) is 29.1 Å². The number of carbonyl (C=O) groups excluding carboxylic acids is 2. The van der Waals surface area contributed by atoms with E-state index in [9.17, 15) is 20.0 Å². The quantitative estimate of drug-likeness (QED) is 0.364. The van der Waals surface area contributed by atoms with Gasteiger partial charge in [-0.25, -0.2) is 0 Å². The molecule has 1 fully saturated rings. The molecule has 4 aliphatic heterocycles. The van der Waals surface area contributed by atoms with Gasteiger partial charge in [0.25, 0.3) is 0 Å². The summed E-state index contributed by atoms with van der Waals surface area (Å²) in [6.45, 7) is 15.3. The summed E-state index contributed by atoms with van der Waals surface area (Å²) in [7, 11) is 5.16. The number of aromatic hydroxyl groups is 1. The summed E-state index contributed by atoms with van der Waals surface area (Å²) in [4.78, 5) is 33.9. The Morgan fingerprint density at radius 3 is 2.17 bits per heavy atom. The number of fused-ring (bicyclic) bond motifs is 7. The van der Waals surface area contributed by atoms with Gasteiger partial charge in [-0.3, -0.25) is 19.4 Å². The monoisotopic (exact) mass is 630 g/mol. The van der Waals surface area contributed by atoms with Crippen LogP contribution in [0.1, 0.15) is 87.0 Å². The van der Waals surface area contributed by atoms with Crippen LogP contribution < -0.4 is 19.1 Å². The third-order valence-corrected chi connectivity index (χ3v) is 10.4. The van der Waals surface area contributed by atoms with Gasteiger partial charge in [-0.2, -0.15) is 5.26 Å². The van der Waals surface area contributed by atoms with Crippen LogP contribution in [0, 0.1) is 36.0 Å². The van der Waals surface area contributed by atoms with Gasteiger partial charge in [0.2, 0.25) is 5.91 Å². The topological polar surface area (TPSA) is 116 Å². The van der Waals surface area contributed by atoms with Crippen molar-refractivity contribution in [2.75, 3.05) is 32.7 Å². The number of piperazine rings is 1. The average molecular weight is 631 g/mol. The van der Waals surface area contributed by atoms with E-state index in [1.54, 1.807) is 14.2 Å². The van der Waals surface area contributed by atoms with Crippen molar-refractivity contribution < 1.29 is 28.9 Å². The van der Waals surface area contributed by atoms with Crippen LogP contribution in [0.3, 0.4) is 0 Å². The maximum Gasteiger partial charge on any atom is 0.316 e. The first-order valence-electron chi connectivity index (χ1n) is 16.0. The van der Waals surface area contributed by atoms with Crippen LogP contribution in [0.2, 0.25) is 0 Å². The summed E-state index contributed by atoms with van der Waals surface area (Å²) in [6, 6.07) is 3.17. The van der Waals surface area contributed by atoms with E-state index >= 15 is 0 Å². The number of aryl methyl sites for hydroxylation is 1. The molecule has 0 saturated carbocycles. The Bertz CT molecular complexity index is 1700. The molecule has 246 valence electrons. The third-order valence-electron chi connectivity index (χ3n) is 10.4. The normalized spacial score (nSPS) is 25.3. The zero-order chi connectivity index (χ0) is 33.8. The van der Waals surface area contributed by atoms with Crippen molar-refractivity contribution in [3.05, 3.63) is 39.4 Å². The van der Waals surface area contributed by atoms with Crippen molar-refractivity contribution in [2.24, 2.45) is 10.8 Å². The van der Waals surface area contributed by atoms with E-state index in [1.165, 1.54) is 0 Å². The molecule has 2 aromatic rings. The predicted octanol–water partition coefficient (Wildman–Crippen LogP) is 5.14. The maximum absolute atomic E-state index is 14.1. The highest BCUT2D eigenvalue weighted by Gasteiger charge is 2.59. The summed E-state index contributed by atoms with van der Waals surface area (Å²) < 4.78 is 17.9. The second-order valence-corrected chi connectivity index (χ2v) is 15.4. The van der Waals surface area contributed by atoms with E-state index in [1.807, 2.05) is 67.3 Å². The van der Waals surface area contributed by atoms with Gasteiger partial charge < -0.3 is 24.2 Å². The fraction of sp³-hybridized carbons (Fsp3) is 0.583. The highest BCUT2D eigenvalue weighted by atomic mass is 16.5. The van der Waals surface area contributed by atoms with E-state index in [-0.39, 0.29) is 41.8 Å². The minimum atomic E-state index is -0.757. The Kier molecular flexibility index (Phi) is 7.41. The van der Waals surface area contributed by atoms with Crippen LogP contribution in [0.5, 0.6) is 23.0 Å². The summed E-state index contributed by atoms with van der Waals surface area (Å²) in [5.74, 6) is 1.09. The van der Waals surface area contributed by atoms with Crippen LogP contribution in [0.25, 0.3) is 0 Å². The van der Waals surface area contributed by atoms with Crippen molar-refractivity contribution in [1.82, 2.24) is 9.80 Å². The van der Waals surface area contributed by atoms with Gasteiger partial charge in [0.15, 0.2) is 11.5 Å². The molecule has 0 spiro atoms. The molecule has 0 radical (unpaired) electrons. The van der Waals surface area contributed by atoms with Gasteiger partial charge in [-0.05, 0) is 65.6 Å².